The molecule has 1 fully saturated rings. The summed E-state index contributed by atoms with van der Waals surface area (Å²) < 4.78 is 6.11. The van der Waals surface area contributed by atoms with Crippen LogP contribution in [0.25, 0.3) is 5.57 Å². The number of fused-ring (bicyclic) bond motifs is 1. The topological polar surface area (TPSA) is 83.0 Å². The molecule has 4 rings (SSSR count). The third-order valence-electron chi connectivity index (χ3n) is 6.52. The Kier molecular flexibility index (Phi) is 6.63. The summed E-state index contributed by atoms with van der Waals surface area (Å²) >= 11 is 2.96. The van der Waals surface area contributed by atoms with Crippen molar-refractivity contribution in [1.82, 2.24) is 14.8 Å². The normalized spacial score (nSPS) is 28.8. The van der Waals surface area contributed by atoms with Crippen molar-refractivity contribution in [2.75, 3.05) is 20.2 Å². The SMILES string of the molecule is C=CCOC(=O)C1=C(Sc2nc(C3=CC[C@H](C)N(C)C3)cs2)[C@H](C)[C@@H]2[C@@H]([C@@H](C)O)C(=O)N12. The average Bonchev–Trinajstić information content (AvgIpc) is 3.30. The van der Waals surface area contributed by atoms with E-state index in [9.17, 15) is 14.7 Å². The van der Waals surface area contributed by atoms with Crippen molar-refractivity contribution in [3.63, 3.8) is 0 Å². The van der Waals surface area contributed by atoms with E-state index < -0.39 is 18.0 Å². The number of thiazole rings is 1. The van der Waals surface area contributed by atoms with Crippen LogP contribution in [0.4, 0.5) is 0 Å². The van der Waals surface area contributed by atoms with Gasteiger partial charge >= 0.3 is 5.97 Å². The van der Waals surface area contributed by atoms with Crippen LogP contribution in [0.5, 0.6) is 0 Å². The second-order valence-electron chi connectivity index (χ2n) is 8.68. The van der Waals surface area contributed by atoms with Crippen LogP contribution >= 0.6 is 23.1 Å². The number of likely N-dealkylation sites (N-methyl/N-ethyl adjacent to an activating group) is 1. The van der Waals surface area contributed by atoms with Gasteiger partial charge in [0.05, 0.1) is 23.8 Å². The molecular weight excluding hydrogens is 446 g/mol. The first-order valence-electron chi connectivity index (χ1n) is 10.8. The van der Waals surface area contributed by atoms with Crippen molar-refractivity contribution in [3.05, 3.63) is 40.4 Å². The Morgan fingerprint density at radius 1 is 1.50 bits per heavy atom. The summed E-state index contributed by atoms with van der Waals surface area (Å²) in [5.74, 6) is -1.39. The summed E-state index contributed by atoms with van der Waals surface area (Å²) in [5.41, 5.74) is 2.44. The molecule has 3 aliphatic heterocycles. The van der Waals surface area contributed by atoms with E-state index in [1.165, 1.54) is 39.6 Å². The van der Waals surface area contributed by atoms with E-state index in [1.54, 1.807) is 6.92 Å². The quantitative estimate of drug-likeness (QED) is 0.368. The molecule has 1 aromatic heterocycles. The van der Waals surface area contributed by atoms with Gasteiger partial charge in [0.1, 0.15) is 12.3 Å². The number of rotatable bonds is 7. The molecule has 0 spiro atoms. The van der Waals surface area contributed by atoms with Crippen molar-refractivity contribution in [2.45, 2.75) is 49.7 Å². The Labute approximate surface area is 196 Å². The van der Waals surface area contributed by atoms with Gasteiger partial charge in [-0.25, -0.2) is 9.78 Å². The molecular formula is C23H29N3O4S2. The zero-order valence-electron chi connectivity index (χ0n) is 18.8. The van der Waals surface area contributed by atoms with Crippen LogP contribution in [0.2, 0.25) is 0 Å². The van der Waals surface area contributed by atoms with Crippen LogP contribution in [0.15, 0.2) is 39.1 Å². The first-order valence-corrected chi connectivity index (χ1v) is 12.5. The summed E-state index contributed by atoms with van der Waals surface area (Å²) in [6, 6.07) is 0.274. The van der Waals surface area contributed by atoms with Crippen LogP contribution in [0.3, 0.4) is 0 Å². The van der Waals surface area contributed by atoms with Crippen LogP contribution < -0.4 is 0 Å². The summed E-state index contributed by atoms with van der Waals surface area (Å²) in [6.45, 7) is 10.3. The number of hydrogen-bond donors (Lipinski definition) is 1. The van der Waals surface area contributed by atoms with Crippen molar-refractivity contribution >= 4 is 40.5 Å². The Balaban J connectivity index is 1.61. The Morgan fingerprint density at radius 2 is 2.25 bits per heavy atom. The van der Waals surface area contributed by atoms with Crippen molar-refractivity contribution < 1.29 is 19.4 Å². The molecule has 0 unspecified atom stereocenters. The van der Waals surface area contributed by atoms with Crippen LogP contribution in [-0.2, 0) is 14.3 Å². The van der Waals surface area contributed by atoms with E-state index in [-0.39, 0.29) is 30.2 Å². The fourth-order valence-corrected chi connectivity index (χ4v) is 6.67. The summed E-state index contributed by atoms with van der Waals surface area (Å²) in [7, 11) is 2.12. The minimum absolute atomic E-state index is 0.0721. The second kappa shape index (κ2) is 9.13. The van der Waals surface area contributed by atoms with Gasteiger partial charge in [-0.05, 0) is 32.9 Å². The molecule has 1 aromatic rings. The lowest BCUT2D eigenvalue weighted by atomic mass is 9.79. The van der Waals surface area contributed by atoms with Crippen molar-refractivity contribution in [1.29, 1.82) is 0 Å². The Hall–Kier alpha value is -1.94. The number of hydrogen-bond acceptors (Lipinski definition) is 8. The molecule has 0 aromatic carbocycles. The molecule has 7 nitrogen and oxygen atoms in total. The lowest BCUT2D eigenvalue weighted by Gasteiger charge is -2.46. The van der Waals surface area contributed by atoms with Gasteiger partial charge in [0.2, 0.25) is 5.91 Å². The molecule has 172 valence electrons. The van der Waals surface area contributed by atoms with Gasteiger partial charge in [-0.15, -0.1) is 11.3 Å². The maximum absolute atomic E-state index is 12.9. The minimum atomic E-state index is -0.773. The predicted molar refractivity (Wildman–Crippen MR) is 126 cm³/mol. The average molecular weight is 476 g/mol. The van der Waals surface area contributed by atoms with E-state index >= 15 is 0 Å². The first kappa shape index (κ1) is 23.2. The third kappa shape index (κ3) is 3.96. The maximum Gasteiger partial charge on any atom is 0.356 e. The number of β-lactam (4-membered cyclic amide) rings is 1. The van der Waals surface area contributed by atoms with Gasteiger partial charge in [-0.3, -0.25) is 9.69 Å². The van der Waals surface area contributed by atoms with Crippen LogP contribution in [0, 0.1) is 11.8 Å². The molecule has 0 aliphatic carbocycles. The highest BCUT2D eigenvalue weighted by Crippen LogP contribution is 2.52. The van der Waals surface area contributed by atoms with Crippen LogP contribution in [-0.4, -0.2) is 70.2 Å². The molecule has 4 heterocycles. The lowest BCUT2D eigenvalue weighted by Crippen LogP contribution is -2.63. The fourth-order valence-electron chi connectivity index (χ4n) is 4.56. The van der Waals surface area contributed by atoms with Crippen LogP contribution in [0.1, 0.15) is 32.9 Å². The number of aliphatic hydroxyl groups is 1. The van der Waals surface area contributed by atoms with Gasteiger partial charge in [0.25, 0.3) is 0 Å². The van der Waals surface area contributed by atoms with E-state index in [0.29, 0.717) is 6.04 Å². The van der Waals surface area contributed by atoms with E-state index in [0.717, 1.165) is 27.9 Å². The first-order chi connectivity index (χ1) is 15.2. The molecule has 3 aliphatic rings. The number of carbonyl (C=O) groups excluding carboxylic acids is 2. The molecule has 0 saturated carbocycles. The van der Waals surface area contributed by atoms with E-state index in [4.69, 9.17) is 9.72 Å². The molecule has 1 saturated heterocycles. The number of carbonyl (C=O) groups is 2. The number of ether oxygens (including phenoxy) is 1. The molecule has 0 bridgehead atoms. The van der Waals surface area contributed by atoms with Crippen molar-refractivity contribution in [2.24, 2.45) is 11.8 Å². The molecule has 1 N–H and O–H groups in total. The largest absolute Gasteiger partial charge is 0.457 e. The highest BCUT2D eigenvalue weighted by molar-refractivity contribution is 8.04. The summed E-state index contributed by atoms with van der Waals surface area (Å²) in [5, 5.41) is 12.2. The van der Waals surface area contributed by atoms with Gasteiger partial charge in [0.15, 0.2) is 4.34 Å². The fraction of sp³-hybridized carbons (Fsp3) is 0.522. The third-order valence-corrected chi connectivity index (χ3v) is 8.74. The molecule has 5 atom stereocenters. The standard InChI is InChI=1S/C23H29N3O4S2/c1-6-9-30-22(29)19-20(13(3)18-17(14(4)27)21(28)26(18)19)32-23-24-16(11-31-23)15-8-7-12(2)25(5)10-15/h6,8,11-14,17-18,27H,1,7,9-10H2,2-5H3/t12-,13+,14+,17+,18+/m0/s1. The molecule has 0 radical (unpaired) electrons. The molecule has 9 heteroatoms. The number of aromatic nitrogens is 1. The Morgan fingerprint density at radius 3 is 2.91 bits per heavy atom. The smallest absolute Gasteiger partial charge is 0.356 e. The summed E-state index contributed by atoms with van der Waals surface area (Å²) in [4.78, 5) is 35.0. The molecule has 32 heavy (non-hydrogen) atoms. The molecule has 1 amide bonds. The highest BCUT2D eigenvalue weighted by atomic mass is 32.2. The maximum atomic E-state index is 12.9. The zero-order chi connectivity index (χ0) is 23.2. The monoisotopic (exact) mass is 475 g/mol. The zero-order valence-corrected chi connectivity index (χ0v) is 20.4. The number of esters is 1. The number of amides is 1. The van der Waals surface area contributed by atoms with Gasteiger partial charge in [-0.1, -0.05) is 37.4 Å². The predicted octanol–water partition coefficient (Wildman–Crippen LogP) is 3.14. The van der Waals surface area contributed by atoms with Gasteiger partial charge in [0, 0.05) is 28.8 Å². The summed E-state index contributed by atoms with van der Waals surface area (Å²) in [6.07, 6.45) is 3.97. The van der Waals surface area contributed by atoms with E-state index in [2.05, 4.69) is 31.5 Å². The number of thioether (sulfide) groups is 1. The van der Waals surface area contributed by atoms with Gasteiger partial charge in [-0.2, -0.15) is 0 Å². The number of aliphatic hydroxyl groups excluding tert-OH is 1. The number of nitrogens with zero attached hydrogens (tertiary/aromatic N) is 3. The van der Waals surface area contributed by atoms with Gasteiger partial charge < -0.3 is 14.7 Å². The second-order valence-corrected chi connectivity index (χ2v) is 10.8. The van der Waals surface area contributed by atoms with Crippen molar-refractivity contribution in [3.8, 4) is 0 Å². The minimum Gasteiger partial charge on any atom is -0.457 e. The Bertz CT molecular complexity index is 999. The van der Waals surface area contributed by atoms with E-state index in [1.807, 2.05) is 12.3 Å². The highest BCUT2D eigenvalue weighted by Gasteiger charge is 2.60. The lowest BCUT2D eigenvalue weighted by molar-refractivity contribution is -0.164.